The number of aliphatic hydroxyl groups excluding tert-OH is 1. The molecule has 0 aromatic heterocycles. The molecule has 0 bridgehead atoms. The summed E-state index contributed by atoms with van der Waals surface area (Å²) in [7, 11) is 0. The van der Waals surface area contributed by atoms with E-state index in [2.05, 4.69) is 6.92 Å². The number of hydrogen-bond donors (Lipinski definition) is 1. The highest BCUT2D eigenvalue weighted by Crippen LogP contribution is 2.16. The van der Waals surface area contributed by atoms with Gasteiger partial charge in [0.1, 0.15) is 12.2 Å². The maximum Gasteiger partial charge on any atom is 0.309 e. The maximum atomic E-state index is 10.8. The lowest BCUT2D eigenvalue weighted by Crippen LogP contribution is -2.17. The van der Waals surface area contributed by atoms with Gasteiger partial charge in [0.2, 0.25) is 0 Å². The van der Waals surface area contributed by atoms with E-state index in [1.807, 2.05) is 12.2 Å². The molecule has 1 aliphatic heterocycles. The van der Waals surface area contributed by atoms with Gasteiger partial charge in [0, 0.05) is 0 Å². The molecular weight excluding hydrogens is 192 g/mol. The fourth-order valence-electron chi connectivity index (χ4n) is 1.65. The number of carbonyl (C=O) groups excluding carboxylic acids is 1. The number of esters is 1. The molecule has 0 spiro atoms. The molecule has 0 aromatic rings. The minimum atomic E-state index is -0.649. The summed E-state index contributed by atoms with van der Waals surface area (Å²) < 4.78 is 4.93. The van der Waals surface area contributed by atoms with Crippen LogP contribution in [-0.4, -0.2) is 23.3 Å². The zero-order valence-electron chi connectivity index (χ0n) is 9.32. The van der Waals surface area contributed by atoms with Gasteiger partial charge in [-0.2, -0.15) is 0 Å². The van der Waals surface area contributed by atoms with Gasteiger partial charge >= 0.3 is 5.97 Å². The van der Waals surface area contributed by atoms with Gasteiger partial charge in [-0.25, -0.2) is 0 Å². The van der Waals surface area contributed by atoms with Crippen molar-refractivity contribution in [1.82, 2.24) is 0 Å². The molecule has 1 N–H and O–H groups in total. The van der Waals surface area contributed by atoms with Gasteiger partial charge in [0.15, 0.2) is 0 Å². The third-order valence-corrected chi connectivity index (χ3v) is 2.57. The van der Waals surface area contributed by atoms with Gasteiger partial charge in [0.05, 0.1) is 6.42 Å². The first-order chi connectivity index (χ1) is 7.24. The van der Waals surface area contributed by atoms with Crippen LogP contribution in [0.3, 0.4) is 0 Å². The minimum Gasteiger partial charge on any atom is -0.455 e. The predicted molar refractivity (Wildman–Crippen MR) is 58.4 cm³/mol. The minimum absolute atomic E-state index is 0.130. The highest BCUT2D eigenvalue weighted by molar-refractivity contribution is 5.72. The second-order valence-corrected chi connectivity index (χ2v) is 4.00. The van der Waals surface area contributed by atoms with E-state index in [0.717, 1.165) is 6.42 Å². The lowest BCUT2D eigenvalue weighted by Gasteiger charge is -2.06. The van der Waals surface area contributed by atoms with Crippen LogP contribution in [0.25, 0.3) is 0 Å². The van der Waals surface area contributed by atoms with Crippen molar-refractivity contribution in [3.63, 3.8) is 0 Å². The van der Waals surface area contributed by atoms with E-state index >= 15 is 0 Å². The second kappa shape index (κ2) is 6.62. The number of unbranched alkanes of at least 4 members (excludes halogenated alkanes) is 4. The summed E-state index contributed by atoms with van der Waals surface area (Å²) in [6.07, 6.45) is 8.80. The van der Waals surface area contributed by atoms with E-state index in [1.54, 1.807) is 0 Å². The van der Waals surface area contributed by atoms with Crippen LogP contribution in [-0.2, 0) is 9.53 Å². The van der Waals surface area contributed by atoms with Crippen molar-refractivity contribution in [3.8, 4) is 0 Å². The number of hydrogen-bond acceptors (Lipinski definition) is 3. The Hall–Kier alpha value is -0.830. The lowest BCUT2D eigenvalue weighted by atomic mass is 10.1. The van der Waals surface area contributed by atoms with Crippen molar-refractivity contribution >= 4 is 5.97 Å². The van der Waals surface area contributed by atoms with Gasteiger partial charge in [-0.3, -0.25) is 4.79 Å². The van der Waals surface area contributed by atoms with Crippen LogP contribution in [0.1, 0.15) is 45.4 Å². The zero-order valence-corrected chi connectivity index (χ0v) is 9.32. The van der Waals surface area contributed by atoms with E-state index in [4.69, 9.17) is 4.74 Å². The fourth-order valence-corrected chi connectivity index (χ4v) is 1.65. The molecule has 0 radical (unpaired) electrons. The zero-order chi connectivity index (χ0) is 11.1. The molecule has 1 heterocycles. The molecule has 86 valence electrons. The smallest absolute Gasteiger partial charge is 0.309 e. The van der Waals surface area contributed by atoms with Crippen LogP contribution in [0.5, 0.6) is 0 Å². The SMILES string of the molecule is CCCCCC/C=C\[C@H]1OC(=O)C[C@H]1O. The van der Waals surface area contributed by atoms with Crippen molar-refractivity contribution in [3.05, 3.63) is 12.2 Å². The van der Waals surface area contributed by atoms with E-state index < -0.39 is 12.2 Å². The first-order valence-corrected chi connectivity index (χ1v) is 5.78. The van der Waals surface area contributed by atoms with Crippen LogP contribution >= 0.6 is 0 Å². The Bertz CT molecular complexity index is 223. The topological polar surface area (TPSA) is 46.5 Å². The Balaban J connectivity index is 2.12. The standard InChI is InChI=1S/C12H20O3/c1-2-3-4-5-6-7-8-11-10(13)9-12(14)15-11/h7-8,10-11,13H,2-6,9H2,1H3/b8-7-/t10-,11-/m1/s1. The molecule has 0 unspecified atom stereocenters. The molecule has 0 saturated carbocycles. The van der Waals surface area contributed by atoms with Gasteiger partial charge < -0.3 is 9.84 Å². The Morgan fingerprint density at radius 3 is 2.87 bits per heavy atom. The highest BCUT2D eigenvalue weighted by atomic mass is 16.6. The summed E-state index contributed by atoms with van der Waals surface area (Å²) in [5.74, 6) is -0.303. The van der Waals surface area contributed by atoms with Gasteiger partial charge in [-0.05, 0) is 18.9 Å². The van der Waals surface area contributed by atoms with Gasteiger partial charge in [0.25, 0.3) is 0 Å². The van der Waals surface area contributed by atoms with Gasteiger partial charge in [-0.1, -0.05) is 32.3 Å². The largest absolute Gasteiger partial charge is 0.455 e. The number of aliphatic hydroxyl groups is 1. The van der Waals surface area contributed by atoms with Crippen molar-refractivity contribution in [1.29, 1.82) is 0 Å². The molecule has 1 rings (SSSR count). The molecule has 15 heavy (non-hydrogen) atoms. The normalized spacial score (nSPS) is 26.1. The molecule has 2 atom stereocenters. The Morgan fingerprint density at radius 1 is 1.47 bits per heavy atom. The predicted octanol–water partition coefficient (Wildman–Crippen LogP) is 2.19. The first kappa shape index (κ1) is 12.2. The first-order valence-electron chi connectivity index (χ1n) is 5.78. The van der Waals surface area contributed by atoms with E-state index in [1.165, 1.54) is 25.7 Å². The molecule has 3 heteroatoms. The average molecular weight is 212 g/mol. The summed E-state index contributed by atoms with van der Waals surface area (Å²) in [6, 6.07) is 0. The summed E-state index contributed by atoms with van der Waals surface area (Å²) in [6.45, 7) is 2.18. The lowest BCUT2D eigenvalue weighted by molar-refractivity contribution is -0.140. The molecule has 0 aromatic carbocycles. The summed E-state index contributed by atoms with van der Waals surface area (Å²) in [5.41, 5.74) is 0. The molecule has 1 aliphatic rings. The number of carbonyl (C=O) groups is 1. The van der Waals surface area contributed by atoms with Crippen LogP contribution in [0.2, 0.25) is 0 Å². The summed E-state index contributed by atoms with van der Waals surface area (Å²) >= 11 is 0. The average Bonchev–Trinajstić information content (AvgIpc) is 2.51. The van der Waals surface area contributed by atoms with Crippen molar-refractivity contribution < 1.29 is 14.6 Å². The third-order valence-electron chi connectivity index (χ3n) is 2.57. The molecule has 1 fully saturated rings. The van der Waals surface area contributed by atoms with Gasteiger partial charge in [-0.15, -0.1) is 0 Å². The molecule has 3 nitrogen and oxygen atoms in total. The van der Waals surface area contributed by atoms with Crippen LogP contribution < -0.4 is 0 Å². The fraction of sp³-hybridized carbons (Fsp3) is 0.750. The summed E-state index contributed by atoms with van der Waals surface area (Å²) in [4.78, 5) is 10.8. The second-order valence-electron chi connectivity index (χ2n) is 4.00. The third kappa shape index (κ3) is 4.47. The highest BCUT2D eigenvalue weighted by Gasteiger charge is 2.30. The van der Waals surface area contributed by atoms with Crippen LogP contribution in [0.15, 0.2) is 12.2 Å². The summed E-state index contributed by atoms with van der Waals surface area (Å²) in [5, 5.41) is 9.40. The van der Waals surface area contributed by atoms with E-state index in [0.29, 0.717) is 0 Å². The van der Waals surface area contributed by atoms with E-state index in [9.17, 15) is 9.90 Å². The van der Waals surface area contributed by atoms with Crippen molar-refractivity contribution in [2.24, 2.45) is 0 Å². The molecular formula is C12H20O3. The number of rotatable bonds is 6. The maximum absolute atomic E-state index is 10.8. The molecule has 0 aliphatic carbocycles. The molecule has 0 amide bonds. The molecule has 1 saturated heterocycles. The number of cyclic esters (lactones) is 1. The quantitative estimate of drug-likeness (QED) is 0.417. The number of allylic oxidation sites excluding steroid dienone is 1. The monoisotopic (exact) mass is 212 g/mol. The van der Waals surface area contributed by atoms with E-state index in [-0.39, 0.29) is 12.4 Å². The van der Waals surface area contributed by atoms with Crippen LogP contribution in [0.4, 0.5) is 0 Å². The van der Waals surface area contributed by atoms with Crippen molar-refractivity contribution in [2.45, 2.75) is 57.7 Å². The Labute approximate surface area is 91.1 Å². The van der Waals surface area contributed by atoms with Crippen molar-refractivity contribution in [2.75, 3.05) is 0 Å². The Kier molecular flexibility index (Phi) is 5.40. The Morgan fingerprint density at radius 2 is 2.27 bits per heavy atom. The van der Waals surface area contributed by atoms with Crippen LogP contribution in [0, 0.1) is 0 Å². The number of ether oxygens (including phenoxy) is 1.